The second-order valence-corrected chi connectivity index (χ2v) is 8.87. The van der Waals surface area contributed by atoms with E-state index in [2.05, 4.69) is 5.32 Å². The number of rotatable bonds is 5. The highest BCUT2D eigenvalue weighted by Crippen LogP contribution is 2.24. The van der Waals surface area contributed by atoms with Crippen molar-refractivity contribution in [3.8, 4) is 5.75 Å². The summed E-state index contributed by atoms with van der Waals surface area (Å²) in [6.45, 7) is 5.65. The average Bonchev–Trinajstić information content (AvgIpc) is 2.59. The van der Waals surface area contributed by atoms with Gasteiger partial charge in [0.05, 0.1) is 17.7 Å². The molecule has 1 N–H and O–H groups in total. The lowest BCUT2D eigenvalue weighted by atomic mass is 10.1. The molecule has 0 saturated heterocycles. The lowest BCUT2D eigenvalue weighted by molar-refractivity contribution is 0.0919. The topological polar surface area (TPSA) is 75.7 Å². The minimum Gasteiger partial charge on any atom is -0.497 e. The third kappa shape index (κ3) is 4.54. The SMILES string of the molecule is COc1ccc(S(=O)(=O)N(C)c2cccc(C(=O)NC(C)(C)C)c2)cc1. The molecule has 2 aromatic rings. The Hall–Kier alpha value is -2.54. The Kier molecular flexibility index (Phi) is 5.61. The molecule has 0 saturated carbocycles. The Balaban J connectivity index is 2.32. The first-order chi connectivity index (χ1) is 12.0. The molecule has 1 amide bonds. The molecule has 0 unspecified atom stereocenters. The second-order valence-electron chi connectivity index (χ2n) is 6.90. The summed E-state index contributed by atoms with van der Waals surface area (Å²) in [7, 11) is -0.772. The van der Waals surface area contributed by atoms with Crippen LogP contribution in [0.3, 0.4) is 0 Å². The maximum atomic E-state index is 12.8. The molecule has 2 rings (SSSR count). The van der Waals surface area contributed by atoms with E-state index >= 15 is 0 Å². The highest BCUT2D eigenvalue weighted by atomic mass is 32.2. The molecule has 0 fully saturated rings. The zero-order chi connectivity index (χ0) is 19.5. The zero-order valence-electron chi connectivity index (χ0n) is 15.6. The monoisotopic (exact) mass is 376 g/mol. The Bertz CT molecular complexity index is 885. The fraction of sp³-hybridized carbons (Fsp3) is 0.316. The number of hydrogen-bond donors (Lipinski definition) is 1. The van der Waals surface area contributed by atoms with Crippen LogP contribution >= 0.6 is 0 Å². The van der Waals surface area contributed by atoms with Crippen LogP contribution in [0.15, 0.2) is 53.4 Å². The van der Waals surface area contributed by atoms with E-state index in [0.717, 1.165) is 4.31 Å². The van der Waals surface area contributed by atoms with E-state index in [1.54, 1.807) is 36.4 Å². The Morgan fingerprint density at radius 1 is 1.08 bits per heavy atom. The van der Waals surface area contributed by atoms with Crippen molar-refractivity contribution in [1.82, 2.24) is 5.32 Å². The van der Waals surface area contributed by atoms with Gasteiger partial charge < -0.3 is 10.1 Å². The minimum atomic E-state index is -3.75. The summed E-state index contributed by atoms with van der Waals surface area (Å²) in [5, 5.41) is 2.86. The van der Waals surface area contributed by atoms with Gasteiger partial charge in [0.2, 0.25) is 0 Å². The number of benzene rings is 2. The number of carbonyl (C=O) groups is 1. The summed E-state index contributed by atoms with van der Waals surface area (Å²) >= 11 is 0. The number of ether oxygens (including phenoxy) is 1. The van der Waals surface area contributed by atoms with Crippen LogP contribution in [0.1, 0.15) is 31.1 Å². The fourth-order valence-corrected chi connectivity index (χ4v) is 3.49. The molecule has 0 aliphatic heterocycles. The van der Waals surface area contributed by atoms with Gasteiger partial charge in [0, 0.05) is 18.2 Å². The van der Waals surface area contributed by atoms with E-state index in [4.69, 9.17) is 4.74 Å². The summed E-state index contributed by atoms with van der Waals surface area (Å²) in [5.41, 5.74) is 0.422. The van der Waals surface area contributed by atoms with E-state index in [9.17, 15) is 13.2 Å². The van der Waals surface area contributed by atoms with E-state index in [1.165, 1.54) is 26.3 Å². The molecule has 26 heavy (non-hydrogen) atoms. The molecular weight excluding hydrogens is 352 g/mol. The van der Waals surface area contributed by atoms with E-state index in [0.29, 0.717) is 17.0 Å². The van der Waals surface area contributed by atoms with E-state index in [1.807, 2.05) is 20.8 Å². The molecule has 6 nitrogen and oxygen atoms in total. The standard InChI is InChI=1S/C19H24N2O4S/c1-19(2,3)20-18(22)14-7-6-8-15(13-14)21(4)26(23,24)17-11-9-16(25-5)10-12-17/h6-13H,1-5H3,(H,20,22). The fourth-order valence-electron chi connectivity index (χ4n) is 2.30. The predicted molar refractivity (Wildman–Crippen MR) is 102 cm³/mol. The van der Waals surface area contributed by atoms with Crippen molar-refractivity contribution in [1.29, 1.82) is 0 Å². The maximum absolute atomic E-state index is 12.8. The van der Waals surface area contributed by atoms with Crippen molar-refractivity contribution in [2.24, 2.45) is 0 Å². The van der Waals surface area contributed by atoms with Gasteiger partial charge in [-0.05, 0) is 63.2 Å². The summed E-state index contributed by atoms with van der Waals surface area (Å²) in [5.74, 6) is 0.321. The number of nitrogens with one attached hydrogen (secondary N) is 1. The lowest BCUT2D eigenvalue weighted by Crippen LogP contribution is -2.40. The van der Waals surface area contributed by atoms with Crippen molar-refractivity contribution in [2.75, 3.05) is 18.5 Å². The molecule has 7 heteroatoms. The number of nitrogens with zero attached hydrogens (tertiary/aromatic N) is 1. The first kappa shape index (κ1) is 19.8. The van der Waals surface area contributed by atoms with Gasteiger partial charge in [-0.2, -0.15) is 0 Å². The van der Waals surface area contributed by atoms with Gasteiger partial charge >= 0.3 is 0 Å². The number of hydrogen-bond acceptors (Lipinski definition) is 4. The molecule has 0 heterocycles. The molecular formula is C19H24N2O4S. The first-order valence-electron chi connectivity index (χ1n) is 8.10. The van der Waals surface area contributed by atoms with Crippen LogP contribution < -0.4 is 14.4 Å². The number of anilines is 1. The number of sulfonamides is 1. The van der Waals surface area contributed by atoms with Crippen molar-refractivity contribution in [3.63, 3.8) is 0 Å². The molecule has 0 spiro atoms. The maximum Gasteiger partial charge on any atom is 0.264 e. The number of amides is 1. The molecule has 0 bridgehead atoms. The van der Waals surface area contributed by atoms with Crippen LogP contribution in [0, 0.1) is 0 Å². The van der Waals surface area contributed by atoms with Crippen LogP contribution in [0.5, 0.6) is 5.75 Å². The highest BCUT2D eigenvalue weighted by Gasteiger charge is 2.22. The van der Waals surface area contributed by atoms with Gasteiger partial charge in [0.25, 0.3) is 15.9 Å². The highest BCUT2D eigenvalue weighted by molar-refractivity contribution is 7.92. The van der Waals surface area contributed by atoms with E-state index in [-0.39, 0.29) is 16.3 Å². The molecule has 0 aliphatic rings. The molecule has 0 atom stereocenters. The van der Waals surface area contributed by atoms with Gasteiger partial charge in [-0.3, -0.25) is 9.10 Å². The smallest absolute Gasteiger partial charge is 0.264 e. The third-order valence-electron chi connectivity index (χ3n) is 3.68. The molecule has 2 aromatic carbocycles. The number of carbonyl (C=O) groups excluding carboxylic acids is 1. The summed E-state index contributed by atoms with van der Waals surface area (Å²) in [6, 6.07) is 12.7. The van der Waals surface area contributed by atoms with Gasteiger partial charge in [0.1, 0.15) is 5.75 Å². The normalized spacial score (nSPS) is 11.7. The van der Waals surface area contributed by atoms with Gasteiger partial charge in [-0.1, -0.05) is 6.07 Å². The van der Waals surface area contributed by atoms with Gasteiger partial charge in [-0.15, -0.1) is 0 Å². The Morgan fingerprint density at radius 3 is 2.23 bits per heavy atom. The molecule has 0 radical (unpaired) electrons. The quantitative estimate of drug-likeness (QED) is 0.870. The van der Waals surface area contributed by atoms with Gasteiger partial charge in [-0.25, -0.2) is 8.42 Å². The molecule has 0 aromatic heterocycles. The summed E-state index contributed by atoms with van der Waals surface area (Å²) in [6.07, 6.45) is 0. The van der Waals surface area contributed by atoms with Gasteiger partial charge in [0.15, 0.2) is 0 Å². The van der Waals surface area contributed by atoms with Crippen LogP contribution in [0.4, 0.5) is 5.69 Å². The van der Waals surface area contributed by atoms with Crippen LogP contribution in [-0.4, -0.2) is 34.0 Å². The van der Waals surface area contributed by atoms with Crippen molar-refractivity contribution >= 4 is 21.6 Å². The third-order valence-corrected chi connectivity index (χ3v) is 5.48. The number of methoxy groups -OCH3 is 1. The van der Waals surface area contributed by atoms with Crippen molar-refractivity contribution in [2.45, 2.75) is 31.2 Å². The molecule has 0 aliphatic carbocycles. The van der Waals surface area contributed by atoms with Crippen LogP contribution in [0.25, 0.3) is 0 Å². The minimum absolute atomic E-state index is 0.144. The summed E-state index contributed by atoms with van der Waals surface area (Å²) in [4.78, 5) is 12.5. The zero-order valence-corrected chi connectivity index (χ0v) is 16.4. The predicted octanol–water partition coefficient (Wildman–Crippen LogP) is 3.05. The van der Waals surface area contributed by atoms with E-state index < -0.39 is 10.0 Å². The first-order valence-corrected chi connectivity index (χ1v) is 9.54. The van der Waals surface area contributed by atoms with Crippen LogP contribution in [-0.2, 0) is 10.0 Å². The Labute approximate surface area is 154 Å². The summed E-state index contributed by atoms with van der Waals surface area (Å²) < 4.78 is 31.9. The largest absolute Gasteiger partial charge is 0.497 e. The second kappa shape index (κ2) is 7.37. The van der Waals surface area contributed by atoms with Crippen molar-refractivity contribution < 1.29 is 17.9 Å². The lowest BCUT2D eigenvalue weighted by Gasteiger charge is -2.22. The van der Waals surface area contributed by atoms with Crippen LogP contribution in [0.2, 0.25) is 0 Å². The Morgan fingerprint density at radius 2 is 1.69 bits per heavy atom. The van der Waals surface area contributed by atoms with Crippen molar-refractivity contribution in [3.05, 3.63) is 54.1 Å². The molecule has 140 valence electrons. The average molecular weight is 376 g/mol.